The molecular weight excluding hydrogens is 282 g/mol. The van der Waals surface area contributed by atoms with E-state index in [2.05, 4.69) is 55.4 Å². The molecule has 0 N–H and O–H groups in total. The molecule has 0 aromatic carbocycles. The summed E-state index contributed by atoms with van der Waals surface area (Å²) in [6.45, 7) is 18.5. The quantitative estimate of drug-likeness (QED) is 0.591. The minimum atomic E-state index is -1.31. The van der Waals surface area contributed by atoms with Gasteiger partial charge in [-0.2, -0.15) is 0 Å². The van der Waals surface area contributed by atoms with E-state index in [1.165, 1.54) is 5.90 Å². The summed E-state index contributed by atoms with van der Waals surface area (Å²) in [7, 11) is 0. The fraction of sp³-hybridized carbons (Fsp3) is 1.00. The largest absolute Gasteiger partial charge is 0.0966 e. The van der Waals surface area contributed by atoms with Gasteiger partial charge in [-0.3, -0.25) is 0 Å². The Kier molecular flexibility index (Phi) is 7.15. The molecular formula is C13H30P2S2. The van der Waals surface area contributed by atoms with Gasteiger partial charge < -0.3 is 0 Å². The highest BCUT2D eigenvalue weighted by Gasteiger charge is 2.35. The van der Waals surface area contributed by atoms with E-state index < -0.39 is 12.1 Å². The van der Waals surface area contributed by atoms with Crippen LogP contribution in [0.5, 0.6) is 0 Å². The number of hydrogen-bond donors (Lipinski definition) is 0. The lowest BCUT2D eigenvalue weighted by Gasteiger charge is -2.39. The Bertz CT molecular complexity index is 274. The van der Waals surface area contributed by atoms with Gasteiger partial charge in [0.05, 0.1) is 0 Å². The molecule has 17 heavy (non-hydrogen) atoms. The summed E-state index contributed by atoms with van der Waals surface area (Å²) in [5.74, 6) is 1.19. The highest BCUT2D eigenvalue weighted by atomic mass is 32.5. The molecule has 0 radical (unpaired) electrons. The van der Waals surface area contributed by atoms with E-state index in [0.29, 0.717) is 22.6 Å². The molecule has 0 heterocycles. The molecule has 0 aliphatic rings. The van der Waals surface area contributed by atoms with E-state index in [0.717, 1.165) is 0 Å². The van der Waals surface area contributed by atoms with Crippen molar-refractivity contribution in [2.75, 3.05) is 5.90 Å². The summed E-state index contributed by atoms with van der Waals surface area (Å²) in [5, 5.41) is 0. The first kappa shape index (κ1) is 18.3. The van der Waals surface area contributed by atoms with Crippen molar-refractivity contribution in [3.05, 3.63) is 0 Å². The molecule has 0 aliphatic carbocycles. The lowest BCUT2D eigenvalue weighted by molar-refractivity contribution is 0.989. The van der Waals surface area contributed by atoms with E-state index >= 15 is 0 Å². The monoisotopic (exact) mass is 312 g/mol. The highest BCUT2D eigenvalue weighted by Crippen LogP contribution is 2.70. The predicted octanol–water partition coefficient (Wildman–Crippen LogP) is 5.54. The molecule has 0 fully saturated rings. The molecule has 4 heteroatoms. The number of hydrogen-bond acceptors (Lipinski definition) is 2. The van der Waals surface area contributed by atoms with Crippen LogP contribution in [-0.4, -0.2) is 28.5 Å². The molecule has 104 valence electrons. The smallest absolute Gasteiger partial charge is 0.00701 e. The Morgan fingerprint density at radius 1 is 0.588 bits per heavy atom. The van der Waals surface area contributed by atoms with Crippen LogP contribution in [0.3, 0.4) is 0 Å². The van der Waals surface area contributed by atoms with Crippen molar-refractivity contribution in [1.82, 2.24) is 0 Å². The summed E-state index contributed by atoms with van der Waals surface area (Å²) >= 11 is 12.2. The van der Waals surface area contributed by atoms with Gasteiger partial charge in [-0.05, 0) is 34.7 Å². The van der Waals surface area contributed by atoms with Crippen LogP contribution < -0.4 is 0 Å². The Morgan fingerprint density at radius 2 is 0.765 bits per heavy atom. The Labute approximate surface area is 119 Å². The van der Waals surface area contributed by atoms with E-state index in [9.17, 15) is 0 Å². The lowest BCUT2D eigenvalue weighted by atomic mass is 10.5. The van der Waals surface area contributed by atoms with Gasteiger partial charge in [0.25, 0.3) is 0 Å². The third-order valence-corrected chi connectivity index (χ3v) is 21.6. The zero-order valence-electron chi connectivity index (χ0n) is 12.7. The van der Waals surface area contributed by atoms with Gasteiger partial charge in [-0.25, -0.2) is 0 Å². The van der Waals surface area contributed by atoms with Crippen LogP contribution in [0.4, 0.5) is 0 Å². The molecule has 0 nitrogen and oxygen atoms in total. The van der Waals surface area contributed by atoms with Crippen molar-refractivity contribution in [2.45, 2.75) is 78.0 Å². The fourth-order valence-corrected chi connectivity index (χ4v) is 16.7. The SMILES string of the molecule is CC(C)P(=S)(CP(=S)(C(C)C)C(C)C)C(C)C. The van der Waals surface area contributed by atoms with Gasteiger partial charge in [0.15, 0.2) is 0 Å². The second kappa shape index (κ2) is 6.65. The molecule has 0 amide bonds. The van der Waals surface area contributed by atoms with Crippen LogP contribution in [-0.2, 0) is 23.6 Å². The zero-order chi connectivity index (χ0) is 14.0. The maximum atomic E-state index is 6.11. The summed E-state index contributed by atoms with van der Waals surface area (Å²) in [5.41, 5.74) is 2.55. The standard InChI is InChI=1S/C13H30P2S2/c1-10(2)14(16,11(3)4)9-15(17,12(5)6)13(7)8/h10-13H,9H2,1-8H3. The molecule has 0 spiro atoms. The molecule has 0 aromatic heterocycles. The van der Waals surface area contributed by atoms with Crippen LogP contribution in [0.2, 0.25) is 0 Å². The van der Waals surface area contributed by atoms with Gasteiger partial charge in [0.1, 0.15) is 0 Å². The molecule has 0 aliphatic heterocycles. The first-order chi connectivity index (χ1) is 7.48. The maximum Gasteiger partial charge on any atom is 0.00701 e. The van der Waals surface area contributed by atoms with Gasteiger partial charge in [0, 0.05) is 5.90 Å². The van der Waals surface area contributed by atoms with Crippen LogP contribution >= 0.6 is 12.1 Å². The fourth-order valence-electron chi connectivity index (χ4n) is 2.19. The molecule has 0 saturated heterocycles. The first-order valence-corrected chi connectivity index (χ1v) is 12.9. The van der Waals surface area contributed by atoms with Crippen molar-refractivity contribution in [2.24, 2.45) is 0 Å². The molecule has 0 aromatic rings. The van der Waals surface area contributed by atoms with Gasteiger partial charge in [-0.15, -0.1) is 0 Å². The van der Waals surface area contributed by atoms with Crippen molar-refractivity contribution in [3.8, 4) is 0 Å². The zero-order valence-corrected chi connectivity index (χ0v) is 16.1. The lowest BCUT2D eigenvalue weighted by Crippen LogP contribution is -2.18. The van der Waals surface area contributed by atoms with Gasteiger partial charge >= 0.3 is 0 Å². The van der Waals surface area contributed by atoms with Gasteiger partial charge in [0.2, 0.25) is 0 Å². The normalized spacial score (nSPS) is 14.4. The van der Waals surface area contributed by atoms with Crippen LogP contribution in [0.1, 0.15) is 55.4 Å². The van der Waals surface area contributed by atoms with Crippen LogP contribution in [0.25, 0.3) is 0 Å². The van der Waals surface area contributed by atoms with E-state index in [1.54, 1.807) is 0 Å². The minimum absolute atomic E-state index is 0.636. The highest BCUT2D eigenvalue weighted by molar-refractivity contribution is 8.25. The first-order valence-electron chi connectivity index (χ1n) is 6.65. The van der Waals surface area contributed by atoms with Gasteiger partial charge in [-0.1, -0.05) is 79.0 Å². The van der Waals surface area contributed by atoms with E-state index in [1.807, 2.05) is 0 Å². The van der Waals surface area contributed by atoms with Crippen molar-refractivity contribution in [3.63, 3.8) is 0 Å². The average Bonchev–Trinajstić information content (AvgIpc) is 2.15. The number of rotatable bonds is 6. The molecule has 0 bridgehead atoms. The van der Waals surface area contributed by atoms with Crippen LogP contribution in [0, 0.1) is 0 Å². The van der Waals surface area contributed by atoms with Crippen LogP contribution in [0.15, 0.2) is 0 Å². The molecule has 0 saturated carbocycles. The summed E-state index contributed by atoms with van der Waals surface area (Å²) in [6, 6.07) is -2.63. The Balaban J connectivity index is 5.39. The third-order valence-electron chi connectivity index (χ3n) is 3.94. The van der Waals surface area contributed by atoms with Crippen molar-refractivity contribution in [1.29, 1.82) is 0 Å². The van der Waals surface area contributed by atoms with E-state index in [-0.39, 0.29) is 0 Å². The minimum Gasteiger partial charge on any atom is -0.0966 e. The summed E-state index contributed by atoms with van der Waals surface area (Å²) in [4.78, 5) is 0. The molecule has 0 unspecified atom stereocenters. The van der Waals surface area contributed by atoms with Crippen molar-refractivity contribution < 1.29 is 0 Å². The third kappa shape index (κ3) is 4.13. The second-order valence-electron chi connectivity index (χ2n) is 6.22. The topological polar surface area (TPSA) is 0 Å². The molecule has 0 atom stereocenters. The maximum absolute atomic E-state index is 6.11. The average molecular weight is 312 g/mol. The Hall–Kier alpha value is 1.30. The predicted molar refractivity (Wildman–Crippen MR) is 94.0 cm³/mol. The molecule has 0 rings (SSSR count). The Morgan fingerprint density at radius 3 is 0.882 bits per heavy atom. The van der Waals surface area contributed by atoms with E-state index in [4.69, 9.17) is 23.6 Å². The summed E-state index contributed by atoms with van der Waals surface area (Å²) in [6.07, 6.45) is 0. The van der Waals surface area contributed by atoms with Crippen molar-refractivity contribution >= 4 is 35.7 Å². The second-order valence-corrected chi connectivity index (χ2v) is 19.0. The summed E-state index contributed by atoms with van der Waals surface area (Å²) < 4.78 is 0.